The summed E-state index contributed by atoms with van der Waals surface area (Å²) in [5.74, 6) is -38.6. The molecule has 0 aliphatic rings. The van der Waals surface area contributed by atoms with Gasteiger partial charge in [0, 0.05) is 5.57 Å². The number of hydrogen-bond acceptors (Lipinski definition) is 2. The summed E-state index contributed by atoms with van der Waals surface area (Å²) in [6.07, 6.45) is -9.15. The van der Waals surface area contributed by atoms with Crippen LogP contribution < -0.4 is 0 Å². The molecule has 0 saturated carbocycles. The van der Waals surface area contributed by atoms with E-state index in [-0.39, 0.29) is 12.0 Å². The minimum Gasteiger partial charge on any atom is -0.462 e. The van der Waals surface area contributed by atoms with Crippen LogP contribution in [0.4, 0.5) is 57.1 Å². The van der Waals surface area contributed by atoms with Gasteiger partial charge in [-0.15, -0.1) is 0 Å². The molecule has 0 aliphatic heterocycles. The number of rotatable bonds is 11. The molecule has 0 aromatic rings. The fourth-order valence-corrected chi connectivity index (χ4v) is 1.83. The van der Waals surface area contributed by atoms with Gasteiger partial charge in [0.25, 0.3) is 0 Å². The van der Waals surface area contributed by atoms with Crippen molar-refractivity contribution in [2.24, 2.45) is 0 Å². The average Bonchev–Trinajstić information content (AvgIpc) is 2.57. The molecule has 0 amide bonds. The van der Waals surface area contributed by atoms with Gasteiger partial charge in [0.1, 0.15) is 0 Å². The fraction of sp³-hybridized carbons (Fsp3) is 0.800. The number of ether oxygens (including phenoxy) is 1. The first-order chi connectivity index (χ1) is 13.1. The molecule has 0 atom stereocenters. The summed E-state index contributed by atoms with van der Waals surface area (Å²) in [6, 6.07) is 0. The highest BCUT2D eigenvalue weighted by Gasteiger charge is 2.90. The highest BCUT2D eigenvalue weighted by atomic mass is 19.4. The van der Waals surface area contributed by atoms with E-state index in [1.54, 1.807) is 6.92 Å². The lowest BCUT2D eigenvalue weighted by atomic mass is 9.93. The Kier molecular flexibility index (Phi) is 8.31. The third kappa shape index (κ3) is 4.95. The first kappa shape index (κ1) is 28.3. The van der Waals surface area contributed by atoms with Gasteiger partial charge in [-0.1, -0.05) is 19.9 Å². The second kappa shape index (κ2) is 8.81. The van der Waals surface area contributed by atoms with Gasteiger partial charge >= 0.3 is 41.8 Å². The normalized spacial score (nSPS) is 14.6. The summed E-state index contributed by atoms with van der Waals surface area (Å²) in [7, 11) is 0. The Balaban J connectivity index is 5.56. The lowest BCUT2D eigenvalue weighted by Crippen LogP contribution is -2.70. The SMILES string of the molecule is C=C(CCCC)C(=O)OCCC(F)(F)C(F)(F)C(F)(F)C(F)(F)C(F)(F)C(F)(F)F. The van der Waals surface area contributed by atoms with Crippen molar-refractivity contribution in [2.75, 3.05) is 6.61 Å². The van der Waals surface area contributed by atoms with Gasteiger partial charge in [0.15, 0.2) is 0 Å². The van der Waals surface area contributed by atoms with Gasteiger partial charge in [0.2, 0.25) is 0 Å². The lowest BCUT2D eigenvalue weighted by molar-refractivity contribution is -0.440. The zero-order chi connectivity index (χ0) is 24.4. The molecule has 2 nitrogen and oxygen atoms in total. The molecule has 0 aliphatic carbocycles. The second-order valence-corrected chi connectivity index (χ2v) is 6.09. The molecule has 0 aromatic heterocycles. The molecule has 178 valence electrons. The Morgan fingerprint density at radius 3 is 1.60 bits per heavy atom. The van der Waals surface area contributed by atoms with Gasteiger partial charge in [0.05, 0.1) is 13.0 Å². The molecule has 0 fully saturated rings. The monoisotopic (exact) mass is 474 g/mol. The quantitative estimate of drug-likeness (QED) is 0.197. The highest BCUT2D eigenvalue weighted by molar-refractivity contribution is 5.87. The van der Waals surface area contributed by atoms with Crippen molar-refractivity contribution in [3.8, 4) is 0 Å². The molecule has 15 heteroatoms. The van der Waals surface area contributed by atoms with Gasteiger partial charge in [-0.2, -0.15) is 57.1 Å². The average molecular weight is 474 g/mol. The van der Waals surface area contributed by atoms with Crippen LogP contribution in [-0.2, 0) is 9.53 Å². The molecular formula is C15H15F13O2. The molecule has 0 heterocycles. The predicted molar refractivity (Wildman–Crippen MR) is 75.0 cm³/mol. The van der Waals surface area contributed by atoms with Crippen LogP contribution in [0.5, 0.6) is 0 Å². The summed E-state index contributed by atoms with van der Waals surface area (Å²) >= 11 is 0. The van der Waals surface area contributed by atoms with Crippen molar-refractivity contribution >= 4 is 5.97 Å². The van der Waals surface area contributed by atoms with Crippen molar-refractivity contribution in [1.82, 2.24) is 0 Å². The molecule has 0 aromatic carbocycles. The predicted octanol–water partition coefficient (Wildman–Crippen LogP) is 6.40. The van der Waals surface area contributed by atoms with Gasteiger partial charge < -0.3 is 4.74 Å². The summed E-state index contributed by atoms with van der Waals surface area (Å²) in [5, 5.41) is 0. The Hall–Kier alpha value is -1.70. The molecule has 0 N–H and O–H groups in total. The first-order valence-electron chi connectivity index (χ1n) is 7.92. The molecule has 0 radical (unpaired) electrons. The molecular weight excluding hydrogens is 459 g/mol. The van der Waals surface area contributed by atoms with Gasteiger partial charge in [-0.25, -0.2) is 4.79 Å². The van der Waals surface area contributed by atoms with Gasteiger partial charge in [-0.3, -0.25) is 0 Å². The highest BCUT2D eigenvalue weighted by Crippen LogP contribution is 2.60. The molecule has 0 saturated heterocycles. The Morgan fingerprint density at radius 2 is 1.20 bits per heavy atom. The summed E-state index contributed by atoms with van der Waals surface area (Å²) in [6.45, 7) is 3.06. The summed E-state index contributed by atoms with van der Waals surface area (Å²) in [5.41, 5.74) is -0.325. The molecule has 0 spiro atoms. The maximum Gasteiger partial charge on any atom is 0.460 e. The number of carbonyl (C=O) groups excluding carboxylic acids is 1. The standard InChI is InChI=1S/C15H15F13O2/c1-3-4-5-8(2)9(29)30-7-6-10(16,17)11(18,19)12(20,21)13(22,23)14(24,25)15(26,27)28/h2-7H2,1H3. The molecule has 30 heavy (non-hydrogen) atoms. The second-order valence-electron chi connectivity index (χ2n) is 6.09. The van der Waals surface area contributed by atoms with Crippen LogP contribution >= 0.6 is 0 Å². The van der Waals surface area contributed by atoms with E-state index >= 15 is 0 Å². The van der Waals surface area contributed by atoms with Crippen LogP contribution in [0.2, 0.25) is 0 Å². The van der Waals surface area contributed by atoms with Crippen LogP contribution in [0.1, 0.15) is 32.6 Å². The molecule has 0 bridgehead atoms. The van der Waals surface area contributed by atoms with Crippen LogP contribution in [0.25, 0.3) is 0 Å². The van der Waals surface area contributed by atoms with Crippen molar-refractivity contribution in [3.63, 3.8) is 0 Å². The van der Waals surface area contributed by atoms with Crippen LogP contribution in [-0.4, -0.2) is 48.4 Å². The Labute approximate surface area is 161 Å². The molecule has 0 rings (SSSR count). The van der Waals surface area contributed by atoms with E-state index in [0.29, 0.717) is 12.8 Å². The minimum absolute atomic E-state index is 0.0152. The number of esters is 1. The fourth-order valence-electron chi connectivity index (χ4n) is 1.83. The Bertz CT molecular complexity index is 623. The number of hydrogen-bond donors (Lipinski definition) is 0. The van der Waals surface area contributed by atoms with Crippen LogP contribution in [0, 0.1) is 0 Å². The van der Waals surface area contributed by atoms with Crippen LogP contribution in [0.3, 0.4) is 0 Å². The van der Waals surface area contributed by atoms with E-state index in [1.165, 1.54) is 0 Å². The summed E-state index contributed by atoms with van der Waals surface area (Å²) < 4.78 is 172. The third-order valence-corrected chi connectivity index (χ3v) is 3.77. The van der Waals surface area contributed by atoms with E-state index in [1.807, 2.05) is 0 Å². The van der Waals surface area contributed by atoms with E-state index in [9.17, 15) is 61.9 Å². The van der Waals surface area contributed by atoms with E-state index in [4.69, 9.17) is 0 Å². The van der Waals surface area contributed by atoms with Crippen molar-refractivity contribution in [3.05, 3.63) is 12.2 Å². The van der Waals surface area contributed by atoms with E-state index in [0.717, 1.165) is 0 Å². The first-order valence-corrected chi connectivity index (χ1v) is 7.92. The zero-order valence-electron chi connectivity index (χ0n) is 15.0. The number of unbranched alkanes of at least 4 members (excludes halogenated alkanes) is 1. The van der Waals surface area contributed by atoms with Crippen molar-refractivity contribution in [1.29, 1.82) is 0 Å². The minimum atomic E-state index is -7.95. The maximum absolute atomic E-state index is 13.5. The maximum atomic E-state index is 13.5. The summed E-state index contributed by atoms with van der Waals surface area (Å²) in [4.78, 5) is 11.3. The largest absolute Gasteiger partial charge is 0.462 e. The number of halogens is 13. The number of alkyl halides is 13. The Morgan fingerprint density at radius 1 is 0.767 bits per heavy atom. The van der Waals surface area contributed by atoms with E-state index < -0.39 is 54.8 Å². The van der Waals surface area contributed by atoms with Crippen molar-refractivity contribution < 1.29 is 66.6 Å². The smallest absolute Gasteiger partial charge is 0.460 e. The lowest BCUT2D eigenvalue weighted by Gasteiger charge is -2.39. The third-order valence-electron chi connectivity index (χ3n) is 3.77. The van der Waals surface area contributed by atoms with E-state index in [2.05, 4.69) is 11.3 Å². The topological polar surface area (TPSA) is 26.3 Å². The number of carbonyl (C=O) groups is 1. The van der Waals surface area contributed by atoms with Crippen molar-refractivity contribution in [2.45, 2.75) is 68.4 Å². The van der Waals surface area contributed by atoms with Crippen LogP contribution in [0.15, 0.2) is 12.2 Å². The zero-order valence-corrected chi connectivity index (χ0v) is 15.0. The molecule has 0 unspecified atom stereocenters. The van der Waals surface area contributed by atoms with Gasteiger partial charge in [-0.05, 0) is 12.8 Å².